The fraction of sp³-hybridized carbons (Fsp3) is 0.789. The smallest absolute Gasteiger partial charge is 0.354 e. The van der Waals surface area contributed by atoms with Crippen LogP contribution in [0.3, 0.4) is 0 Å². The highest BCUT2D eigenvalue weighted by atomic mass is 32.2. The van der Waals surface area contributed by atoms with E-state index in [4.69, 9.17) is 4.43 Å². The predicted octanol–water partition coefficient (Wildman–Crippen LogP) is 1.94. The van der Waals surface area contributed by atoms with Gasteiger partial charge in [0.1, 0.15) is 5.37 Å². The summed E-state index contributed by atoms with van der Waals surface area (Å²) in [7, 11) is -0.476. The number of aliphatic carboxylic acids is 1. The Balaban J connectivity index is 2.02. The number of carbonyl (C=O) groups is 3. The van der Waals surface area contributed by atoms with E-state index >= 15 is 0 Å². The Kier molecular flexibility index (Phi) is 9.12. The first-order chi connectivity index (χ1) is 15.2. The van der Waals surface area contributed by atoms with E-state index in [2.05, 4.69) is 49.4 Å². The van der Waals surface area contributed by atoms with Crippen molar-refractivity contribution in [2.75, 3.05) is 5.75 Å². The molecule has 4 atom stereocenters. The van der Waals surface area contributed by atoms with E-state index in [1.54, 1.807) is 18.7 Å². The zero-order valence-corrected chi connectivity index (χ0v) is 22.6. The third kappa shape index (κ3) is 6.56. The molecule has 1 aromatic heterocycles. The molecule has 11 nitrogen and oxygen atoms in total. The van der Waals surface area contributed by atoms with Crippen molar-refractivity contribution in [1.82, 2.24) is 25.1 Å². The number of carboxylic acids is 1. The van der Waals surface area contributed by atoms with Crippen molar-refractivity contribution in [3.05, 3.63) is 0 Å². The molecule has 1 unspecified atom stereocenters. The number of nitrogens with zero attached hydrogens (tertiary/aromatic N) is 5. The molecular formula is C19H33N5O6S2Si. The van der Waals surface area contributed by atoms with Crippen LogP contribution in [0.4, 0.5) is 0 Å². The van der Waals surface area contributed by atoms with E-state index in [1.165, 1.54) is 11.8 Å². The number of amides is 1. The Labute approximate surface area is 203 Å². The zero-order chi connectivity index (χ0) is 25.1. The summed E-state index contributed by atoms with van der Waals surface area (Å²) in [6, 6.07) is 0. The summed E-state index contributed by atoms with van der Waals surface area (Å²) in [6.45, 7) is 12.2. The summed E-state index contributed by atoms with van der Waals surface area (Å²) in [5.74, 6) is -2.14. The summed E-state index contributed by atoms with van der Waals surface area (Å²) in [6.07, 6.45) is -1.72. The SMILES string of the molecule is C[C@@H](O[Si](C)(C)C(C)(C)C)[C@H]1C(=O)N(C(O)C(=O)O)[C@@H]1SC(=O)CCCSc1nnnn1C. The van der Waals surface area contributed by atoms with Crippen LogP contribution in [-0.2, 0) is 25.9 Å². The van der Waals surface area contributed by atoms with Crippen molar-refractivity contribution in [2.45, 2.75) is 81.5 Å². The van der Waals surface area contributed by atoms with Crippen molar-refractivity contribution in [2.24, 2.45) is 13.0 Å². The number of aliphatic hydroxyl groups is 1. The number of hydrogen-bond donors (Lipinski definition) is 2. The number of tetrazole rings is 1. The van der Waals surface area contributed by atoms with Crippen molar-refractivity contribution < 1.29 is 29.0 Å². The lowest BCUT2D eigenvalue weighted by molar-refractivity contribution is -0.185. The first kappa shape index (κ1) is 27.8. The molecule has 1 saturated heterocycles. The van der Waals surface area contributed by atoms with E-state index in [-0.39, 0.29) is 16.6 Å². The van der Waals surface area contributed by atoms with Crippen LogP contribution in [0, 0.1) is 5.92 Å². The van der Waals surface area contributed by atoms with Crippen LogP contribution in [0.2, 0.25) is 18.1 Å². The predicted molar refractivity (Wildman–Crippen MR) is 127 cm³/mol. The van der Waals surface area contributed by atoms with Crippen LogP contribution in [0.15, 0.2) is 5.16 Å². The summed E-state index contributed by atoms with van der Waals surface area (Å²) < 4.78 is 7.88. The number of hydrogen-bond acceptors (Lipinski definition) is 10. The summed E-state index contributed by atoms with van der Waals surface area (Å²) in [5.41, 5.74) is 0. The van der Waals surface area contributed by atoms with Gasteiger partial charge in [-0.15, -0.1) is 5.10 Å². The summed E-state index contributed by atoms with van der Waals surface area (Å²) >= 11 is 2.31. The first-order valence-electron chi connectivity index (χ1n) is 10.6. The maximum atomic E-state index is 12.8. The second-order valence-electron chi connectivity index (χ2n) is 9.48. The van der Waals surface area contributed by atoms with Gasteiger partial charge in [0.25, 0.3) is 0 Å². The van der Waals surface area contributed by atoms with Crippen LogP contribution < -0.4 is 0 Å². The van der Waals surface area contributed by atoms with Gasteiger partial charge in [-0.3, -0.25) is 14.5 Å². The van der Waals surface area contributed by atoms with Crippen LogP contribution in [0.25, 0.3) is 0 Å². The number of likely N-dealkylation sites (tertiary alicyclic amines) is 1. The molecule has 1 aliphatic heterocycles. The monoisotopic (exact) mass is 519 g/mol. The quantitative estimate of drug-likeness (QED) is 0.191. The molecule has 0 saturated carbocycles. The van der Waals surface area contributed by atoms with Crippen LogP contribution in [-0.4, -0.2) is 84.1 Å². The number of aliphatic hydroxyl groups excluding tert-OH is 1. The molecule has 0 radical (unpaired) electrons. The van der Waals surface area contributed by atoms with E-state index in [9.17, 15) is 24.6 Å². The first-order valence-corrected chi connectivity index (χ1v) is 15.4. The topological polar surface area (TPSA) is 148 Å². The van der Waals surface area contributed by atoms with Gasteiger partial charge in [-0.2, -0.15) is 0 Å². The lowest BCUT2D eigenvalue weighted by Crippen LogP contribution is -2.68. The van der Waals surface area contributed by atoms with Gasteiger partial charge in [0, 0.05) is 19.2 Å². The number of aryl methyl sites for hydroxylation is 1. The Morgan fingerprint density at radius 2 is 1.94 bits per heavy atom. The lowest BCUT2D eigenvalue weighted by Gasteiger charge is -2.51. The highest BCUT2D eigenvalue weighted by Crippen LogP contribution is 2.44. The molecule has 0 aliphatic carbocycles. The molecule has 1 aromatic rings. The van der Waals surface area contributed by atoms with Crippen LogP contribution in [0.5, 0.6) is 0 Å². The number of carbonyl (C=O) groups excluding carboxylic acids is 2. The van der Waals surface area contributed by atoms with Gasteiger partial charge in [0.05, 0.1) is 12.0 Å². The minimum absolute atomic E-state index is 0.0807. The van der Waals surface area contributed by atoms with Crippen molar-refractivity contribution in [3.63, 3.8) is 0 Å². The maximum Gasteiger partial charge on any atom is 0.354 e. The summed E-state index contributed by atoms with van der Waals surface area (Å²) in [5, 5.41) is 30.0. The molecule has 33 heavy (non-hydrogen) atoms. The molecule has 1 aliphatic rings. The van der Waals surface area contributed by atoms with E-state index < -0.39 is 43.8 Å². The average Bonchev–Trinajstić information content (AvgIpc) is 3.08. The molecule has 2 N–H and O–H groups in total. The number of β-lactam (4-membered cyclic amide) rings is 1. The largest absolute Gasteiger partial charge is 0.478 e. The van der Waals surface area contributed by atoms with Gasteiger partial charge in [-0.25, -0.2) is 9.48 Å². The van der Waals surface area contributed by atoms with Gasteiger partial charge in [-0.1, -0.05) is 44.3 Å². The number of thioether (sulfide) groups is 2. The van der Waals surface area contributed by atoms with Gasteiger partial charge >= 0.3 is 5.97 Å². The Morgan fingerprint density at radius 1 is 1.30 bits per heavy atom. The van der Waals surface area contributed by atoms with Crippen LogP contribution in [0.1, 0.15) is 40.5 Å². The molecule has 0 spiro atoms. The van der Waals surface area contributed by atoms with E-state index in [0.717, 1.165) is 16.7 Å². The zero-order valence-electron chi connectivity index (χ0n) is 20.0. The van der Waals surface area contributed by atoms with Crippen molar-refractivity contribution >= 4 is 48.8 Å². The molecule has 1 fully saturated rings. The standard InChI is InChI=1S/C19H33N5O6S2Si/c1-11(30-33(6,7)19(2,3)4)13-14(26)24(15(27)17(28)29)16(13)32-12(25)9-8-10-31-18-20-21-22-23(18)5/h11,13,15-16,27H,8-10H2,1-7H3,(H,28,29)/t11-,13+,15?,16-/m1/s1. The van der Waals surface area contributed by atoms with Gasteiger partial charge in [0.2, 0.25) is 17.3 Å². The molecule has 1 amide bonds. The van der Waals surface area contributed by atoms with Gasteiger partial charge < -0.3 is 14.6 Å². The third-order valence-electron chi connectivity index (χ3n) is 5.99. The minimum atomic E-state index is -2.20. The fourth-order valence-electron chi connectivity index (χ4n) is 3.08. The van der Waals surface area contributed by atoms with E-state index in [1.807, 2.05) is 0 Å². The highest BCUT2D eigenvalue weighted by molar-refractivity contribution is 8.14. The van der Waals surface area contributed by atoms with Crippen LogP contribution >= 0.6 is 23.5 Å². The second kappa shape index (κ2) is 10.8. The molecule has 186 valence electrons. The third-order valence-corrected chi connectivity index (χ3v) is 12.9. The number of aromatic nitrogens is 4. The number of carboxylic acid groups (broad SMARTS) is 1. The Morgan fingerprint density at radius 3 is 2.45 bits per heavy atom. The molecular weight excluding hydrogens is 486 g/mol. The fourth-order valence-corrected chi connectivity index (χ4v) is 6.65. The van der Waals surface area contributed by atoms with Gasteiger partial charge in [-0.05, 0) is 41.9 Å². The lowest BCUT2D eigenvalue weighted by atomic mass is 9.92. The summed E-state index contributed by atoms with van der Waals surface area (Å²) in [4.78, 5) is 37.6. The number of rotatable bonds is 11. The van der Waals surface area contributed by atoms with Crippen molar-refractivity contribution in [1.29, 1.82) is 0 Å². The molecule has 2 rings (SSSR count). The second-order valence-corrected chi connectivity index (χ2v) is 16.5. The molecule has 2 heterocycles. The van der Waals surface area contributed by atoms with Crippen molar-refractivity contribution in [3.8, 4) is 0 Å². The average molecular weight is 520 g/mol. The maximum absolute atomic E-state index is 12.8. The normalized spacial score (nSPS) is 21.0. The minimum Gasteiger partial charge on any atom is -0.478 e. The Hall–Kier alpha value is -1.48. The molecule has 0 aromatic carbocycles. The highest BCUT2D eigenvalue weighted by Gasteiger charge is 2.56. The van der Waals surface area contributed by atoms with Gasteiger partial charge in [0.15, 0.2) is 13.4 Å². The molecule has 0 bridgehead atoms. The van der Waals surface area contributed by atoms with E-state index in [0.29, 0.717) is 17.3 Å². The Bertz CT molecular complexity index is 877. The molecule has 14 heteroatoms.